The van der Waals surface area contributed by atoms with Gasteiger partial charge in [0.05, 0.1) is 24.8 Å². The van der Waals surface area contributed by atoms with Gasteiger partial charge in [-0.2, -0.15) is 5.10 Å². The first-order chi connectivity index (χ1) is 12.7. The van der Waals surface area contributed by atoms with E-state index in [9.17, 15) is 4.79 Å². The first kappa shape index (κ1) is 17.7. The van der Waals surface area contributed by atoms with E-state index in [-0.39, 0.29) is 11.9 Å². The summed E-state index contributed by atoms with van der Waals surface area (Å²) in [5, 5.41) is 7.13. The van der Waals surface area contributed by atoms with E-state index in [2.05, 4.69) is 15.4 Å². The molecule has 0 aliphatic carbocycles. The van der Waals surface area contributed by atoms with Crippen LogP contribution in [0, 0.1) is 0 Å². The summed E-state index contributed by atoms with van der Waals surface area (Å²) in [5.74, 6) is 0.805. The Labute approximate surface area is 152 Å². The highest BCUT2D eigenvalue weighted by molar-refractivity contribution is 5.79. The van der Waals surface area contributed by atoms with Gasteiger partial charge in [0, 0.05) is 0 Å². The number of rotatable bonds is 7. The van der Waals surface area contributed by atoms with Gasteiger partial charge in [-0.15, -0.1) is 0 Å². The van der Waals surface area contributed by atoms with Crippen molar-refractivity contribution in [3.63, 3.8) is 0 Å². The van der Waals surface area contributed by atoms with Gasteiger partial charge < -0.3 is 10.1 Å². The Hall–Kier alpha value is -3.15. The van der Waals surface area contributed by atoms with Crippen LogP contribution in [0.2, 0.25) is 0 Å². The third-order valence-corrected chi connectivity index (χ3v) is 4.05. The van der Waals surface area contributed by atoms with Gasteiger partial charge in [-0.3, -0.25) is 4.79 Å². The van der Waals surface area contributed by atoms with Crippen molar-refractivity contribution in [2.45, 2.75) is 26.3 Å². The van der Waals surface area contributed by atoms with E-state index >= 15 is 0 Å². The van der Waals surface area contributed by atoms with Crippen LogP contribution in [-0.2, 0) is 11.2 Å². The highest BCUT2D eigenvalue weighted by Crippen LogP contribution is 2.16. The minimum atomic E-state index is -0.0741. The first-order valence-corrected chi connectivity index (χ1v) is 8.61. The number of amides is 1. The molecule has 1 atom stereocenters. The molecule has 0 fully saturated rings. The molecule has 0 aliphatic heterocycles. The fourth-order valence-electron chi connectivity index (χ4n) is 2.69. The van der Waals surface area contributed by atoms with Crippen LogP contribution in [0.25, 0.3) is 5.69 Å². The van der Waals surface area contributed by atoms with Gasteiger partial charge in [-0.25, -0.2) is 9.67 Å². The zero-order valence-corrected chi connectivity index (χ0v) is 14.9. The van der Waals surface area contributed by atoms with Crippen molar-refractivity contribution < 1.29 is 9.53 Å². The molecule has 0 bridgehead atoms. The summed E-state index contributed by atoms with van der Waals surface area (Å²) in [7, 11) is 0. The fraction of sp³-hybridized carbons (Fsp3) is 0.250. The second-order valence-corrected chi connectivity index (χ2v) is 5.97. The second-order valence-electron chi connectivity index (χ2n) is 5.97. The molecule has 3 rings (SSSR count). The molecular weight excluding hydrogens is 328 g/mol. The van der Waals surface area contributed by atoms with Crippen molar-refractivity contribution in [3.8, 4) is 11.4 Å². The van der Waals surface area contributed by atoms with E-state index in [0.29, 0.717) is 13.0 Å². The third-order valence-electron chi connectivity index (χ3n) is 4.05. The normalized spacial score (nSPS) is 11.8. The van der Waals surface area contributed by atoms with Crippen molar-refractivity contribution >= 4 is 5.91 Å². The van der Waals surface area contributed by atoms with Gasteiger partial charge in [0.2, 0.25) is 5.91 Å². The number of hydrogen-bond donors (Lipinski definition) is 1. The van der Waals surface area contributed by atoms with Gasteiger partial charge >= 0.3 is 0 Å². The molecule has 1 amide bonds. The molecule has 0 radical (unpaired) electrons. The lowest BCUT2D eigenvalue weighted by Gasteiger charge is -2.15. The number of carbonyl (C=O) groups excluding carboxylic acids is 1. The maximum absolute atomic E-state index is 12.3. The van der Waals surface area contributed by atoms with Crippen LogP contribution in [0.1, 0.15) is 31.0 Å². The lowest BCUT2D eigenvalue weighted by molar-refractivity contribution is -0.121. The second kappa shape index (κ2) is 8.29. The Bertz CT molecular complexity index is 827. The molecule has 1 unspecified atom stereocenters. The molecule has 2 aromatic carbocycles. The van der Waals surface area contributed by atoms with Crippen LogP contribution < -0.4 is 10.1 Å². The first-order valence-electron chi connectivity index (χ1n) is 8.61. The van der Waals surface area contributed by atoms with E-state index in [1.54, 1.807) is 11.0 Å². The van der Waals surface area contributed by atoms with Crippen LogP contribution in [0.4, 0.5) is 0 Å². The highest BCUT2D eigenvalue weighted by Gasteiger charge is 2.11. The molecular formula is C20H22N4O2. The Morgan fingerprint density at radius 2 is 1.88 bits per heavy atom. The van der Waals surface area contributed by atoms with Crippen LogP contribution in [0.15, 0.2) is 61.2 Å². The molecule has 0 saturated carbocycles. The summed E-state index contributed by atoms with van der Waals surface area (Å²) in [4.78, 5) is 16.2. The SMILES string of the molecule is CCOc1ccc(CC(=O)NC(C)c2ccc(-n3cncn3)cc2)cc1. The van der Waals surface area contributed by atoms with Gasteiger partial charge in [0.15, 0.2) is 0 Å². The maximum atomic E-state index is 12.3. The average molecular weight is 350 g/mol. The van der Waals surface area contributed by atoms with Crippen molar-refractivity contribution in [1.82, 2.24) is 20.1 Å². The number of hydrogen-bond acceptors (Lipinski definition) is 4. The number of nitrogens with zero attached hydrogens (tertiary/aromatic N) is 3. The monoisotopic (exact) mass is 350 g/mol. The number of carbonyl (C=O) groups is 1. The number of nitrogens with one attached hydrogen (secondary N) is 1. The van der Waals surface area contributed by atoms with Gasteiger partial charge in [0.1, 0.15) is 18.4 Å². The van der Waals surface area contributed by atoms with Crippen LogP contribution in [0.5, 0.6) is 5.75 Å². The molecule has 3 aromatic rings. The quantitative estimate of drug-likeness (QED) is 0.711. The maximum Gasteiger partial charge on any atom is 0.224 e. The predicted molar refractivity (Wildman–Crippen MR) is 99.2 cm³/mol. The lowest BCUT2D eigenvalue weighted by Crippen LogP contribution is -2.28. The largest absolute Gasteiger partial charge is 0.494 e. The van der Waals surface area contributed by atoms with Crippen LogP contribution >= 0.6 is 0 Å². The number of benzene rings is 2. The summed E-state index contributed by atoms with van der Waals surface area (Å²) in [5.41, 5.74) is 2.92. The summed E-state index contributed by atoms with van der Waals surface area (Å²) < 4.78 is 7.11. The smallest absolute Gasteiger partial charge is 0.224 e. The Morgan fingerprint density at radius 3 is 2.50 bits per heavy atom. The predicted octanol–water partition coefficient (Wildman–Crippen LogP) is 3.09. The molecule has 0 aliphatic rings. The third kappa shape index (κ3) is 4.47. The summed E-state index contributed by atoms with van der Waals surface area (Å²) in [6.07, 6.45) is 3.49. The summed E-state index contributed by atoms with van der Waals surface area (Å²) in [6, 6.07) is 15.4. The summed E-state index contributed by atoms with van der Waals surface area (Å²) in [6.45, 7) is 4.55. The molecule has 1 N–H and O–H groups in total. The van der Waals surface area contributed by atoms with E-state index in [1.807, 2.05) is 62.4 Å². The Kier molecular flexibility index (Phi) is 5.63. The fourth-order valence-corrected chi connectivity index (χ4v) is 2.69. The zero-order chi connectivity index (χ0) is 18.4. The molecule has 1 aromatic heterocycles. The van der Waals surface area contributed by atoms with Crippen molar-refractivity contribution in [1.29, 1.82) is 0 Å². The molecule has 26 heavy (non-hydrogen) atoms. The zero-order valence-electron chi connectivity index (χ0n) is 14.9. The highest BCUT2D eigenvalue weighted by atomic mass is 16.5. The van der Waals surface area contributed by atoms with E-state index in [1.165, 1.54) is 6.33 Å². The number of ether oxygens (including phenoxy) is 1. The standard InChI is InChI=1S/C20H22N4O2/c1-3-26-19-10-4-16(5-11-19)12-20(25)23-15(2)17-6-8-18(9-7-17)24-14-21-13-22-24/h4-11,13-15H,3,12H2,1-2H3,(H,23,25). The molecule has 1 heterocycles. The lowest BCUT2D eigenvalue weighted by atomic mass is 10.1. The summed E-state index contributed by atoms with van der Waals surface area (Å²) >= 11 is 0. The van der Waals surface area contributed by atoms with E-state index in [4.69, 9.17) is 4.74 Å². The molecule has 134 valence electrons. The molecule has 0 saturated heterocycles. The minimum Gasteiger partial charge on any atom is -0.494 e. The Balaban J connectivity index is 1.56. The minimum absolute atomic E-state index is 0.0120. The van der Waals surface area contributed by atoms with Gasteiger partial charge in [-0.1, -0.05) is 24.3 Å². The van der Waals surface area contributed by atoms with E-state index < -0.39 is 0 Å². The van der Waals surface area contributed by atoms with Crippen molar-refractivity contribution in [2.75, 3.05) is 6.61 Å². The molecule has 6 heteroatoms. The van der Waals surface area contributed by atoms with Crippen LogP contribution in [0.3, 0.4) is 0 Å². The topological polar surface area (TPSA) is 69.0 Å². The van der Waals surface area contributed by atoms with Crippen LogP contribution in [-0.4, -0.2) is 27.3 Å². The van der Waals surface area contributed by atoms with Crippen molar-refractivity contribution in [2.24, 2.45) is 0 Å². The molecule has 0 spiro atoms. The average Bonchev–Trinajstić information content (AvgIpc) is 3.18. The van der Waals surface area contributed by atoms with E-state index in [0.717, 1.165) is 22.6 Å². The molecule has 6 nitrogen and oxygen atoms in total. The number of aromatic nitrogens is 3. The Morgan fingerprint density at radius 1 is 1.15 bits per heavy atom. The van der Waals surface area contributed by atoms with Crippen molar-refractivity contribution in [3.05, 3.63) is 72.3 Å². The van der Waals surface area contributed by atoms with Gasteiger partial charge in [-0.05, 0) is 49.2 Å². The van der Waals surface area contributed by atoms with Gasteiger partial charge in [0.25, 0.3) is 0 Å².